The molecule has 1 aliphatic heterocycles. The first kappa shape index (κ1) is 19.0. The molecule has 148 valence electrons. The summed E-state index contributed by atoms with van der Waals surface area (Å²) >= 11 is 0. The van der Waals surface area contributed by atoms with E-state index in [0.717, 1.165) is 21.9 Å². The van der Waals surface area contributed by atoms with Gasteiger partial charge in [0.05, 0.1) is 6.54 Å². The van der Waals surface area contributed by atoms with Crippen molar-refractivity contribution >= 4 is 22.8 Å². The Morgan fingerprint density at radius 1 is 0.931 bits per heavy atom. The van der Waals surface area contributed by atoms with Crippen LogP contribution in [0.3, 0.4) is 0 Å². The van der Waals surface area contributed by atoms with Gasteiger partial charge in [0.15, 0.2) is 0 Å². The van der Waals surface area contributed by atoms with Crippen LogP contribution in [0.2, 0.25) is 0 Å². The summed E-state index contributed by atoms with van der Waals surface area (Å²) in [5, 5.41) is 2.27. The van der Waals surface area contributed by atoms with Gasteiger partial charge in [-0.05, 0) is 21.9 Å². The van der Waals surface area contributed by atoms with Crippen LogP contribution in [0.15, 0.2) is 72.8 Å². The molecular formula is C24H23NO4. The summed E-state index contributed by atoms with van der Waals surface area (Å²) in [6.07, 6.45) is -0.785. The Morgan fingerprint density at radius 3 is 2.41 bits per heavy atom. The number of carbonyl (C=O) groups excluding carboxylic acids is 2. The van der Waals surface area contributed by atoms with Gasteiger partial charge in [0.25, 0.3) is 0 Å². The number of likely N-dealkylation sites (tertiary alicyclic amines) is 1. The first-order chi connectivity index (χ1) is 14.1. The number of fused-ring (bicyclic) bond motifs is 1. The maximum Gasteiger partial charge on any atom is 0.410 e. The molecule has 1 aliphatic rings. The van der Waals surface area contributed by atoms with E-state index in [1.807, 2.05) is 48.5 Å². The van der Waals surface area contributed by atoms with Crippen LogP contribution in [-0.2, 0) is 20.9 Å². The van der Waals surface area contributed by atoms with Crippen LogP contribution in [0.4, 0.5) is 4.79 Å². The van der Waals surface area contributed by atoms with E-state index in [1.165, 1.54) is 6.92 Å². The Bertz CT molecular complexity index is 1020. The summed E-state index contributed by atoms with van der Waals surface area (Å²) in [6.45, 7) is 2.39. The Kier molecular flexibility index (Phi) is 5.47. The number of rotatable bonds is 4. The van der Waals surface area contributed by atoms with Gasteiger partial charge in [0.2, 0.25) is 0 Å². The van der Waals surface area contributed by atoms with Crippen molar-refractivity contribution in [1.82, 2.24) is 4.90 Å². The van der Waals surface area contributed by atoms with Crippen LogP contribution in [0.25, 0.3) is 10.8 Å². The van der Waals surface area contributed by atoms with Gasteiger partial charge in [-0.25, -0.2) is 4.79 Å². The molecule has 0 saturated carbocycles. The number of carbonyl (C=O) groups is 2. The molecule has 5 heteroatoms. The topological polar surface area (TPSA) is 55.8 Å². The number of nitrogens with zero attached hydrogens (tertiary/aromatic N) is 1. The number of amides is 1. The van der Waals surface area contributed by atoms with Crippen LogP contribution in [0.5, 0.6) is 0 Å². The zero-order chi connectivity index (χ0) is 20.2. The third-order valence-corrected chi connectivity index (χ3v) is 5.25. The molecule has 3 aromatic rings. The molecule has 1 saturated heterocycles. The number of benzene rings is 3. The van der Waals surface area contributed by atoms with Gasteiger partial charge < -0.3 is 14.4 Å². The summed E-state index contributed by atoms with van der Waals surface area (Å²) in [4.78, 5) is 25.8. The lowest BCUT2D eigenvalue weighted by atomic mass is 9.94. The highest BCUT2D eigenvalue weighted by Crippen LogP contribution is 2.32. The minimum Gasteiger partial charge on any atom is -0.460 e. The highest BCUT2D eigenvalue weighted by atomic mass is 16.6. The summed E-state index contributed by atoms with van der Waals surface area (Å²) in [5.41, 5.74) is 1.98. The average Bonchev–Trinajstić information content (AvgIpc) is 3.15. The maximum absolute atomic E-state index is 12.6. The van der Waals surface area contributed by atoms with Crippen molar-refractivity contribution in [3.8, 4) is 0 Å². The van der Waals surface area contributed by atoms with Crippen molar-refractivity contribution in [3.63, 3.8) is 0 Å². The van der Waals surface area contributed by atoms with E-state index in [9.17, 15) is 9.59 Å². The van der Waals surface area contributed by atoms with Gasteiger partial charge in [-0.3, -0.25) is 4.79 Å². The van der Waals surface area contributed by atoms with Gasteiger partial charge in [-0.1, -0.05) is 72.8 Å². The predicted molar refractivity (Wildman–Crippen MR) is 110 cm³/mol. The molecular weight excluding hydrogens is 366 g/mol. The van der Waals surface area contributed by atoms with Crippen LogP contribution in [0, 0.1) is 0 Å². The standard InChI is InChI=1S/C24H23NO4/c1-17(26)29-23-15-25(24(27)28-16-18-7-3-2-4-8-18)14-22(23)21-12-11-19-9-5-6-10-20(19)13-21/h2-13,22-23H,14-16H2,1H3/t22-,23+/m1/s1. The fraction of sp³-hybridized carbons (Fsp3) is 0.250. The average molecular weight is 389 g/mol. The lowest BCUT2D eigenvalue weighted by Crippen LogP contribution is -2.31. The van der Waals surface area contributed by atoms with Crippen LogP contribution in [-0.4, -0.2) is 36.2 Å². The molecule has 0 N–H and O–H groups in total. The second-order valence-corrected chi connectivity index (χ2v) is 7.31. The zero-order valence-corrected chi connectivity index (χ0v) is 16.3. The minimum atomic E-state index is -0.394. The molecule has 5 nitrogen and oxygen atoms in total. The summed E-state index contributed by atoms with van der Waals surface area (Å²) in [5.74, 6) is -0.437. The van der Waals surface area contributed by atoms with E-state index in [1.54, 1.807) is 4.90 Å². The van der Waals surface area contributed by atoms with Crippen molar-refractivity contribution < 1.29 is 19.1 Å². The Morgan fingerprint density at radius 2 is 1.66 bits per heavy atom. The molecule has 0 unspecified atom stereocenters. The van der Waals surface area contributed by atoms with Gasteiger partial charge in [0, 0.05) is 19.4 Å². The van der Waals surface area contributed by atoms with Gasteiger partial charge in [-0.2, -0.15) is 0 Å². The third-order valence-electron chi connectivity index (χ3n) is 5.25. The van der Waals surface area contributed by atoms with E-state index in [-0.39, 0.29) is 18.5 Å². The summed E-state index contributed by atoms with van der Waals surface area (Å²) < 4.78 is 11.0. The smallest absolute Gasteiger partial charge is 0.410 e. The minimum absolute atomic E-state index is 0.0900. The number of ether oxygens (including phenoxy) is 2. The van der Waals surface area contributed by atoms with Gasteiger partial charge >= 0.3 is 12.1 Å². The Labute approximate surface area is 169 Å². The van der Waals surface area contributed by atoms with Gasteiger partial charge in [0.1, 0.15) is 12.7 Å². The molecule has 4 rings (SSSR count). The Balaban J connectivity index is 1.51. The van der Waals surface area contributed by atoms with E-state index in [0.29, 0.717) is 13.1 Å². The van der Waals surface area contributed by atoms with Crippen LogP contribution in [0.1, 0.15) is 24.0 Å². The molecule has 1 amide bonds. The normalized spacial score (nSPS) is 18.6. The maximum atomic E-state index is 12.6. The van der Waals surface area contributed by atoms with Crippen LogP contribution >= 0.6 is 0 Å². The number of hydrogen-bond acceptors (Lipinski definition) is 4. The third kappa shape index (κ3) is 4.40. The van der Waals surface area contributed by atoms with E-state index < -0.39 is 12.2 Å². The molecule has 0 spiro atoms. The van der Waals surface area contributed by atoms with Crippen molar-refractivity contribution in [2.24, 2.45) is 0 Å². The lowest BCUT2D eigenvalue weighted by Gasteiger charge is -2.18. The number of esters is 1. The fourth-order valence-corrected chi connectivity index (χ4v) is 3.82. The van der Waals surface area contributed by atoms with E-state index in [4.69, 9.17) is 9.47 Å². The summed E-state index contributed by atoms with van der Waals surface area (Å²) in [7, 11) is 0. The van der Waals surface area contributed by atoms with Crippen LogP contribution < -0.4 is 0 Å². The highest BCUT2D eigenvalue weighted by molar-refractivity contribution is 5.83. The molecule has 0 radical (unpaired) electrons. The van der Waals surface area contributed by atoms with E-state index in [2.05, 4.69) is 24.3 Å². The second-order valence-electron chi connectivity index (χ2n) is 7.31. The lowest BCUT2D eigenvalue weighted by molar-refractivity contribution is -0.146. The first-order valence-corrected chi connectivity index (χ1v) is 9.72. The first-order valence-electron chi connectivity index (χ1n) is 9.72. The summed E-state index contributed by atoms with van der Waals surface area (Å²) in [6, 6.07) is 23.9. The van der Waals surface area contributed by atoms with Crippen molar-refractivity contribution in [3.05, 3.63) is 83.9 Å². The molecule has 0 aromatic heterocycles. The predicted octanol–water partition coefficient (Wildman–Crippen LogP) is 4.51. The van der Waals surface area contributed by atoms with Gasteiger partial charge in [-0.15, -0.1) is 0 Å². The molecule has 1 heterocycles. The molecule has 0 aliphatic carbocycles. The molecule has 1 fully saturated rings. The fourth-order valence-electron chi connectivity index (χ4n) is 3.82. The monoisotopic (exact) mass is 389 g/mol. The quantitative estimate of drug-likeness (QED) is 0.616. The van der Waals surface area contributed by atoms with Crippen molar-refractivity contribution in [1.29, 1.82) is 0 Å². The molecule has 0 bridgehead atoms. The largest absolute Gasteiger partial charge is 0.460 e. The number of hydrogen-bond donors (Lipinski definition) is 0. The molecule has 2 atom stereocenters. The SMILES string of the molecule is CC(=O)O[C@H]1CN(C(=O)OCc2ccccc2)C[C@@H]1c1ccc2ccccc2c1. The van der Waals surface area contributed by atoms with Crippen molar-refractivity contribution in [2.45, 2.75) is 25.6 Å². The Hall–Kier alpha value is -3.34. The molecule has 3 aromatic carbocycles. The highest BCUT2D eigenvalue weighted by Gasteiger charge is 2.39. The second kappa shape index (κ2) is 8.35. The van der Waals surface area contributed by atoms with E-state index >= 15 is 0 Å². The zero-order valence-electron chi connectivity index (χ0n) is 16.3. The van der Waals surface area contributed by atoms with Crippen molar-refractivity contribution in [2.75, 3.05) is 13.1 Å². The molecule has 29 heavy (non-hydrogen) atoms.